The van der Waals surface area contributed by atoms with Crippen molar-refractivity contribution in [2.24, 2.45) is 7.05 Å². The summed E-state index contributed by atoms with van der Waals surface area (Å²) in [5.74, 6) is 0.717. The Kier molecular flexibility index (Phi) is 6.80. The van der Waals surface area contributed by atoms with Gasteiger partial charge in [-0.15, -0.1) is 0 Å². The lowest BCUT2D eigenvalue weighted by Crippen LogP contribution is -2.45. The molecule has 0 aliphatic carbocycles. The summed E-state index contributed by atoms with van der Waals surface area (Å²) in [5.41, 5.74) is 1.90. The van der Waals surface area contributed by atoms with Crippen LogP contribution in [0.3, 0.4) is 0 Å². The van der Waals surface area contributed by atoms with Crippen molar-refractivity contribution >= 4 is 34.4 Å². The van der Waals surface area contributed by atoms with E-state index in [1.54, 1.807) is 19.2 Å². The summed E-state index contributed by atoms with van der Waals surface area (Å²) in [6, 6.07) is 15.8. The molecule has 8 nitrogen and oxygen atoms in total. The number of H-pyrrole nitrogens is 1. The van der Waals surface area contributed by atoms with Gasteiger partial charge in [0.05, 0.1) is 13.1 Å². The number of nitrogens with one attached hydrogen (secondary N) is 1. The fourth-order valence-corrected chi connectivity index (χ4v) is 5.01. The van der Waals surface area contributed by atoms with Crippen LogP contribution in [0.2, 0.25) is 10.0 Å². The maximum atomic E-state index is 12.8. The third kappa shape index (κ3) is 5.06. The largest absolute Gasteiger partial charge is 0.329 e. The fourth-order valence-electron chi connectivity index (χ4n) is 4.54. The van der Waals surface area contributed by atoms with Crippen molar-refractivity contribution in [2.75, 3.05) is 26.2 Å². The molecule has 0 spiro atoms. The zero-order valence-electron chi connectivity index (χ0n) is 19.4. The highest BCUT2D eigenvalue weighted by Gasteiger charge is 2.23. The van der Waals surface area contributed by atoms with Crippen LogP contribution in [0, 0.1) is 0 Å². The predicted octanol–water partition coefficient (Wildman–Crippen LogP) is 3.10. The Labute approximate surface area is 212 Å². The van der Waals surface area contributed by atoms with Crippen LogP contribution in [0.5, 0.6) is 0 Å². The Bertz CT molecular complexity index is 1470. The quantitative estimate of drug-likeness (QED) is 0.429. The van der Waals surface area contributed by atoms with E-state index in [0.717, 1.165) is 38.3 Å². The highest BCUT2D eigenvalue weighted by Crippen LogP contribution is 2.24. The maximum Gasteiger partial charge on any atom is 0.329 e. The molecule has 2 aromatic heterocycles. The van der Waals surface area contributed by atoms with Gasteiger partial charge in [0.2, 0.25) is 0 Å². The first-order valence-electron chi connectivity index (χ1n) is 11.5. The first-order valence-corrected chi connectivity index (χ1v) is 12.3. The molecule has 1 fully saturated rings. The van der Waals surface area contributed by atoms with Gasteiger partial charge in [-0.2, -0.15) is 0 Å². The molecule has 1 saturated heterocycles. The molecular formula is C25H26Cl2N6O2. The number of nitrogens with zero attached hydrogens (tertiary/aromatic N) is 5. The lowest BCUT2D eigenvalue weighted by Gasteiger charge is -2.34. The molecular weight excluding hydrogens is 487 g/mol. The van der Waals surface area contributed by atoms with Crippen LogP contribution >= 0.6 is 23.2 Å². The molecule has 3 heterocycles. The van der Waals surface area contributed by atoms with E-state index in [0.29, 0.717) is 40.1 Å². The van der Waals surface area contributed by atoms with Crippen LogP contribution in [0.4, 0.5) is 0 Å². The molecule has 1 aliphatic heterocycles. The van der Waals surface area contributed by atoms with Crippen LogP contribution < -0.4 is 11.2 Å². The number of benzene rings is 2. The number of aromatic amines is 1. The van der Waals surface area contributed by atoms with Gasteiger partial charge >= 0.3 is 5.69 Å². The topological polar surface area (TPSA) is 79.2 Å². The Hall–Kier alpha value is -2.91. The first-order chi connectivity index (χ1) is 16.9. The lowest BCUT2D eigenvalue weighted by atomic mass is 10.2. The van der Waals surface area contributed by atoms with E-state index in [1.807, 2.05) is 16.7 Å². The molecule has 10 heteroatoms. The van der Waals surface area contributed by atoms with Gasteiger partial charge in [0.1, 0.15) is 5.82 Å². The summed E-state index contributed by atoms with van der Waals surface area (Å²) in [7, 11) is 1.61. The van der Waals surface area contributed by atoms with Crippen molar-refractivity contribution in [3.8, 4) is 0 Å². The Morgan fingerprint density at radius 3 is 2.29 bits per heavy atom. The molecule has 0 saturated carbocycles. The van der Waals surface area contributed by atoms with E-state index >= 15 is 0 Å². The number of imidazole rings is 1. The molecule has 5 rings (SSSR count). The predicted molar refractivity (Wildman–Crippen MR) is 138 cm³/mol. The van der Waals surface area contributed by atoms with Crippen LogP contribution in [-0.2, 0) is 26.7 Å². The molecule has 35 heavy (non-hydrogen) atoms. The van der Waals surface area contributed by atoms with Crippen LogP contribution in [0.15, 0.2) is 58.1 Å². The molecule has 2 aromatic carbocycles. The lowest BCUT2D eigenvalue weighted by molar-refractivity contribution is 0.119. The number of hydrogen-bond donors (Lipinski definition) is 1. The van der Waals surface area contributed by atoms with Gasteiger partial charge in [0, 0.05) is 49.8 Å². The number of fused-ring (bicyclic) bond motifs is 1. The summed E-state index contributed by atoms with van der Waals surface area (Å²) >= 11 is 12.5. The second kappa shape index (κ2) is 9.99. The van der Waals surface area contributed by atoms with Crippen molar-refractivity contribution in [1.82, 2.24) is 28.9 Å². The molecule has 0 bridgehead atoms. The van der Waals surface area contributed by atoms with Gasteiger partial charge in [0.25, 0.3) is 5.56 Å². The number of aryl methyl sites for hydroxylation is 1. The zero-order valence-corrected chi connectivity index (χ0v) is 20.9. The maximum absolute atomic E-state index is 12.8. The minimum absolute atomic E-state index is 0.344. The Balaban J connectivity index is 1.42. The van der Waals surface area contributed by atoms with Crippen molar-refractivity contribution in [1.29, 1.82) is 0 Å². The number of halogens is 2. The average Bonchev–Trinajstić information content (AvgIpc) is 3.20. The molecule has 0 unspecified atom stereocenters. The number of piperazine rings is 1. The summed E-state index contributed by atoms with van der Waals surface area (Å²) in [6.45, 7) is 5.48. The summed E-state index contributed by atoms with van der Waals surface area (Å²) in [4.78, 5) is 36.9. The number of hydrogen-bond acceptors (Lipinski definition) is 5. The van der Waals surface area contributed by atoms with Gasteiger partial charge in [-0.3, -0.25) is 24.1 Å². The standard InChI is InChI=1S/C25H26Cl2N6O2/c1-30-23-22(24(34)29-25(30)35)33(15-18-7-8-19(26)13-20(18)27)21(28-23)16-32-11-9-31(10-12-32)14-17-5-3-2-4-6-17/h2-8,13H,9-12,14-16H2,1H3,(H,29,34,35). The van der Waals surface area contributed by atoms with Crippen molar-refractivity contribution < 1.29 is 0 Å². The van der Waals surface area contributed by atoms with Crippen LogP contribution in [-0.4, -0.2) is 55.1 Å². The number of aromatic nitrogens is 4. The summed E-state index contributed by atoms with van der Waals surface area (Å²) in [5, 5.41) is 1.06. The summed E-state index contributed by atoms with van der Waals surface area (Å²) < 4.78 is 3.23. The highest BCUT2D eigenvalue weighted by molar-refractivity contribution is 6.35. The SMILES string of the molecule is Cn1c(=O)[nH]c(=O)c2c1nc(CN1CCN(Cc3ccccc3)CC1)n2Cc1ccc(Cl)cc1Cl. The van der Waals surface area contributed by atoms with E-state index < -0.39 is 11.2 Å². The second-order valence-electron chi connectivity index (χ2n) is 8.88. The Morgan fingerprint density at radius 1 is 0.914 bits per heavy atom. The normalized spacial score (nSPS) is 15.2. The van der Waals surface area contributed by atoms with E-state index in [2.05, 4.69) is 39.0 Å². The van der Waals surface area contributed by atoms with E-state index in [1.165, 1.54) is 10.1 Å². The average molecular weight is 513 g/mol. The number of rotatable bonds is 6. The van der Waals surface area contributed by atoms with Gasteiger partial charge in [-0.25, -0.2) is 9.78 Å². The van der Waals surface area contributed by atoms with Crippen molar-refractivity contribution in [3.63, 3.8) is 0 Å². The van der Waals surface area contributed by atoms with Gasteiger partial charge in [-0.05, 0) is 23.3 Å². The van der Waals surface area contributed by atoms with Crippen molar-refractivity contribution in [2.45, 2.75) is 19.6 Å². The molecule has 1 N–H and O–H groups in total. The van der Waals surface area contributed by atoms with Gasteiger partial charge in [-0.1, -0.05) is 59.6 Å². The molecule has 0 atom stereocenters. The Morgan fingerprint density at radius 2 is 1.60 bits per heavy atom. The molecule has 182 valence electrons. The minimum atomic E-state index is -0.488. The third-order valence-electron chi connectivity index (χ3n) is 6.51. The van der Waals surface area contributed by atoms with Crippen LogP contribution in [0.1, 0.15) is 17.0 Å². The first kappa shape index (κ1) is 23.8. The second-order valence-corrected chi connectivity index (χ2v) is 9.72. The van der Waals surface area contributed by atoms with E-state index in [4.69, 9.17) is 28.2 Å². The van der Waals surface area contributed by atoms with Crippen molar-refractivity contribution in [3.05, 3.63) is 96.4 Å². The smallest absolute Gasteiger partial charge is 0.316 e. The van der Waals surface area contributed by atoms with Gasteiger partial charge in [0.15, 0.2) is 11.2 Å². The summed E-state index contributed by atoms with van der Waals surface area (Å²) in [6.07, 6.45) is 0. The van der Waals surface area contributed by atoms with E-state index in [-0.39, 0.29) is 0 Å². The monoisotopic (exact) mass is 512 g/mol. The molecule has 1 aliphatic rings. The zero-order chi connectivity index (χ0) is 24.5. The van der Waals surface area contributed by atoms with Crippen LogP contribution in [0.25, 0.3) is 11.2 Å². The fraction of sp³-hybridized carbons (Fsp3) is 0.320. The highest BCUT2D eigenvalue weighted by atomic mass is 35.5. The van der Waals surface area contributed by atoms with Gasteiger partial charge < -0.3 is 4.57 Å². The molecule has 4 aromatic rings. The third-order valence-corrected chi connectivity index (χ3v) is 7.10. The molecule has 0 radical (unpaired) electrons. The molecule has 0 amide bonds. The van der Waals surface area contributed by atoms with E-state index in [9.17, 15) is 9.59 Å². The minimum Gasteiger partial charge on any atom is -0.316 e.